The van der Waals surface area contributed by atoms with E-state index in [1.807, 2.05) is 49.5 Å². The second-order valence-electron chi connectivity index (χ2n) is 6.56. The van der Waals surface area contributed by atoms with Crippen molar-refractivity contribution in [3.05, 3.63) is 72.3 Å². The van der Waals surface area contributed by atoms with Crippen LogP contribution in [0, 0.1) is 6.92 Å². The Hall–Kier alpha value is -3.87. The predicted octanol–water partition coefficient (Wildman–Crippen LogP) is 3.88. The minimum Gasteiger partial charge on any atom is -0.350 e. The smallest absolute Gasteiger partial charge is 0.223 e. The van der Waals surface area contributed by atoms with E-state index in [4.69, 9.17) is 0 Å². The average molecular weight is 367 g/mol. The summed E-state index contributed by atoms with van der Waals surface area (Å²) in [5.74, 6) is 0.610. The summed E-state index contributed by atoms with van der Waals surface area (Å²) in [5.41, 5.74) is 5.51. The van der Waals surface area contributed by atoms with E-state index in [2.05, 4.69) is 47.6 Å². The van der Waals surface area contributed by atoms with Crippen molar-refractivity contribution in [1.29, 1.82) is 0 Å². The standard InChI is InChI=1S/C21H17N7/c1-13-18-19(24-12-25-20(18)28-27-13)15-7-8-17-16(9-15)11-23-21(26-17)22-10-14-5-3-2-4-6-14/h2-9,11-12H,10H2,1H3,(H,22,23,26)(H,24,25,27,28). The van der Waals surface area contributed by atoms with Gasteiger partial charge in [-0.05, 0) is 24.6 Å². The summed E-state index contributed by atoms with van der Waals surface area (Å²) in [5, 5.41) is 12.3. The summed E-state index contributed by atoms with van der Waals surface area (Å²) < 4.78 is 0. The molecule has 136 valence electrons. The third-order valence-electron chi connectivity index (χ3n) is 4.69. The van der Waals surface area contributed by atoms with Crippen molar-refractivity contribution in [2.24, 2.45) is 0 Å². The van der Waals surface area contributed by atoms with E-state index in [0.717, 1.165) is 38.9 Å². The molecule has 0 fully saturated rings. The molecule has 5 aromatic rings. The van der Waals surface area contributed by atoms with Gasteiger partial charge >= 0.3 is 0 Å². The lowest BCUT2D eigenvalue weighted by molar-refractivity contribution is 1.05. The lowest BCUT2D eigenvalue weighted by Gasteiger charge is -2.07. The van der Waals surface area contributed by atoms with Gasteiger partial charge in [-0.2, -0.15) is 5.10 Å². The molecule has 0 bridgehead atoms. The van der Waals surface area contributed by atoms with E-state index in [-0.39, 0.29) is 0 Å². The second kappa shape index (κ2) is 6.70. The number of aryl methyl sites for hydroxylation is 1. The highest BCUT2D eigenvalue weighted by atomic mass is 15.2. The molecule has 0 aliphatic heterocycles. The molecular weight excluding hydrogens is 350 g/mol. The normalized spacial score (nSPS) is 11.2. The Morgan fingerprint density at radius 1 is 1.00 bits per heavy atom. The van der Waals surface area contributed by atoms with E-state index >= 15 is 0 Å². The summed E-state index contributed by atoms with van der Waals surface area (Å²) in [6.45, 7) is 2.63. The highest BCUT2D eigenvalue weighted by molar-refractivity contribution is 5.94. The Labute approximate surface area is 160 Å². The lowest BCUT2D eigenvalue weighted by Crippen LogP contribution is -2.03. The molecule has 0 aliphatic carbocycles. The third-order valence-corrected chi connectivity index (χ3v) is 4.69. The van der Waals surface area contributed by atoms with Gasteiger partial charge in [0.1, 0.15) is 6.33 Å². The van der Waals surface area contributed by atoms with Crippen LogP contribution in [0.5, 0.6) is 0 Å². The first-order valence-electron chi connectivity index (χ1n) is 8.98. The molecule has 3 aromatic heterocycles. The maximum atomic E-state index is 4.62. The average Bonchev–Trinajstić information content (AvgIpc) is 3.14. The molecule has 28 heavy (non-hydrogen) atoms. The maximum Gasteiger partial charge on any atom is 0.223 e. The number of nitrogens with zero attached hydrogens (tertiary/aromatic N) is 5. The summed E-state index contributed by atoms with van der Waals surface area (Å²) in [6.07, 6.45) is 3.38. The Bertz CT molecular complexity index is 1280. The number of aromatic nitrogens is 6. The van der Waals surface area contributed by atoms with E-state index in [1.54, 1.807) is 6.33 Å². The fourth-order valence-electron chi connectivity index (χ4n) is 3.27. The van der Waals surface area contributed by atoms with Crippen molar-refractivity contribution in [1.82, 2.24) is 30.1 Å². The summed E-state index contributed by atoms with van der Waals surface area (Å²) in [7, 11) is 0. The lowest BCUT2D eigenvalue weighted by atomic mass is 10.1. The predicted molar refractivity (Wildman–Crippen MR) is 109 cm³/mol. The van der Waals surface area contributed by atoms with Gasteiger partial charge in [0, 0.05) is 23.7 Å². The molecule has 7 heteroatoms. The summed E-state index contributed by atoms with van der Waals surface area (Å²) in [6, 6.07) is 16.2. The zero-order valence-corrected chi connectivity index (χ0v) is 15.2. The van der Waals surface area contributed by atoms with Crippen molar-refractivity contribution in [3.63, 3.8) is 0 Å². The number of fused-ring (bicyclic) bond motifs is 2. The number of rotatable bonds is 4. The quantitative estimate of drug-likeness (QED) is 0.501. The monoisotopic (exact) mass is 367 g/mol. The van der Waals surface area contributed by atoms with Crippen LogP contribution >= 0.6 is 0 Å². The Kier molecular flexibility index (Phi) is 3.90. The first-order valence-corrected chi connectivity index (χ1v) is 8.98. The number of nitrogens with one attached hydrogen (secondary N) is 2. The molecule has 5 rings (SSSR count). The largest absolute Gasteiger partial charge is 0.350 e. The first kappa shape index (κ1) is 16.3. The van der Waals surface area contributed by atoms with Gasteiger partial charge in [0.05, 0.1) is 22.3 Å². The van der Waals surface area contributed by atoms with Crippen molar-refractivity contribution < 1.29 is 0 Å². The van der Waals surface area contributed by atoms with E-state index in [1.165, 1.54) is 5.56 Å². The van der Waals surface area contributed by atoms with Gasteiger partial charge in [0.2, 0.25) is 5.95 Å². The van der Waals surface area contributed by atoms with Gasteiger partial charge in [-0.25, -0.2) is 19.9 Å². The molecule has 2 N–H and O–H groups in total. The van der Waals surface area contributed by atoms with Gasteiger partial charge in [-0.15, -0.1) is 0 Å². The van der Waals surface area contributed by atoms with Crippen LogP contribution in [0.1, 0.15) is 11.3 Å². The fourth-order valence-corrected chi connectivity index (χ4v) is 3.27. The molecule has 0 unspecified atom stereocenters. The van der Waals surface area contributed by atoms with E-state index in [9.17, 15) is 0 Å². The topological polar surface area (TPSA) is 92.3 Å². The minimum atomic E-state index is 0.610. The zero-order chi connectivity index (χ0) is 18.9. The third kappa shape index (κ3) is 2.92. The fraction of sp³-hybridized carbons (Fsp3) is 0.0952. The number of H-pyrrole nitrogens is 1. The van der Waals surface area contributed by atoms with Gasteiger partial charge in [0.25, 0.3) is 0 Å². The Morgan fingerprint density at radius 2 is 1.89 bits per heavy atom. The number of hydrogen-bond acceptors (Lipinski definition) is 6. The van der Waals surface area contributed by atoms with Crippen molar-refractivity contribution >= 4 is 27.9 Å². The van der Waals surface area contributed by atoms with E-state index < -0.39 is 0 Å². The molecule has 0 spiro atoms. The van der Waals surface area contributed by atoms with Crippen LogP contribution in [0.3, 0.4) is 0 Å². The highest BCUT2D eigenvalue weighted by Gasteiger charge is 2.12. The SMILES string of the molecule is Cc1n[nH]c2ncnc(-c3ccc4nc(NCc5ccccc5)ncc4c3)c12. The minimum absolute atomic E-state index is 0.610. The number of hydrogen-bond donors (Lipinski definition) is 2. The first-order chi connectivity index (χ1) is 13.8. The molecule has 7 nitrogen and oxygen atoms in total. The van der Waals surface area contributed by atoms with E-state index in [0.29, 0.717) is 12.5 Å². The molecule has 0 saturated carbocycles. The zero-order valence-electron chi connectivity index (χ0n) is 15.2. The molecular formula is C21H17N7. The molecule has 0 amide bonds. The van der Waals surface area contributed by atoms with Crippen LogP contribution in [-0.4, -0.2) is 30.1 Å². The summed E-state index contributed by atoms with van der Waals surface area (Å²) in [4.78, 5) is 17.8. The Balaban J connectivity index is 1.47. The van der Waals surface area contributed by atoms with Gasteiger partial charge in [-0.1, -0.05) is 36.4 Å². The molecule has 0 aliphatic rings. The van der Waals surface area contributed by atoms with Gasteiger partial charge < -0.3 is 5.32 Å². The molecule has 0 saturated heterocycles. The number of anilines is 1. The van der Waals surface area contributed by atoms with Crippen LogP contribution in [0.15, 0.2) is 61.1 Å². The molecule has 0 radical (unpaired) electrons. The highest BCUT2D eigenvalue weighted by Crippen LogP contribution is 2.28. The van der Waals surface area contributed by atoms with Crippen molar-refractivity contribution in [2.75, 3.05) is 5.32 Å². The van der Waals surface area contributed by atoms with Crippen LogP contribution in [0.25, 0.3) is 33.2 Å². The van der Waals surface area contributed by atoms with Crippen molar-refractivity contribution in [2.45, 2.75) is 13.5 Å². The molecule has 2 aromatic carbocycles. The number of aromatic amines is 1. The Morgan fingerprint density at radius 3 is 2.79 bits per heavy atom. The van der Waals surface area contributed by atoms with Crippen molar-refractivity contribution in [3.8, 4) is 11.3 Å². The van der Waals surface area contributed by atoms with Gasteiger partial charge in [0.15, 0.2) is 5.65 Å². The molecule has 0 atom stereocenters. The molecule has 3 heterocycles. The maximum absolute atomic E-state index is 4.62. The number of benzene rings is 2. The second-order valence-corrected chi connectivity index (χ2v) is 6.56. The van der Waals surface area contributed by atoms with Crippen LogP contribution in [-0.2, 0) is 6.54 Å². The van der Waals surface area contributed by atoms with Gasteiger partial charge in [-0.3, -0.25) is 5.10 Å². The van der Waals surface area contributed by atoms with Crippen LogP contribution in [0.4, 0.5) is 5.95 Å². The summed E-state index contributed by atoms with van der Waals surface area (Å²) >= 11 is 0. The van der Waals surface area contributed by atoms with Crippen LogP contribution in [0.2, 0.25) is 0 Å². The van der Waals surface area contributed by atoms with Crippen LogP contribution < -0.4 is 5.32 Å².